The van der Waals surface area contributed by atoms with Crippen molar-refractivity contribution >= 4 is 40.6 Å². The highest BCUT2D eigenvalue weighted by Gasteiger charge is 2.30. The first-order chi connectivity index (χ1) is 18.4. The molecular weight excluding hydrogens is 504 g/mol. The quantitative estimate of drug-likeness (QED) is 0.0840. The summed E-state index contributed by atoms with van der Waals surface area (Å²) in [5, 5.41) is 18.1. The number of nitrogens with one attached hydrogen (secondary N) is 4. The number of guanidine groups is 1. The Kier molecular flexibility index (Phi) is 11.7. The number of rotatable bonds is 15. The number of hydrogen-bond donors (Lipinski definition) is 8. The number of para-hydroxylation sites is 1. The third kappa shape index (κ3) is 9.28. The highest BCUT2D eigenvalue weighted by atomic mass is 16.4. The number of hydrogen-bond acceptors (Lipinski definition) is 6. The second-order valence-electron chi connectivity index (χ2n) is 9.62. The van der Waals surface area contributed by atoms with Crippen LogP contribution in [0.15, 0.2) is 35.5 Å². The van der Waals surface area contributed by atoms with Crippen molar-refractivity contribution < 1.29 is 24.3 Å². The molecule has 0 bridgehead atoms. The smallest absolute Gasteiger partial charge is 0.326 e. The third-order valence-corrected chi connectivity index (χ3v) is 6.56. The summed E-state index contributed by atoms with van der Waals surface area (Å²) in [5.41, 5.74) is 18.7. The van der Waals surface area contributed by atoms with Gasteiger partial charge in [-0.15, -0.1) is 0 Å². The van der Waals surface area contributed by atoms with Gasteiger partial charge in [-0.05, 0) is 43.7 Å². The summed E-state index contributed by atoms with van der Waals surface area (Å²) >= 11 is 0. The molecule has 0 spiro atoms. The van der Waals surface area contributed by atoms with E-state index in [1.165, 1.54) is 6.92 Å². The van der Waals surface area contributed by atoms with E-state index in [0.717, 1.165) is 16.5 Å². The lowest BCUT2D eigenvalue weighted by Crippen LogP contribution is -2.57. The summed E-state index contributed by atoms with van der Waals surface area (Å²) in [6, 6.07) is 3.51. The normalized spacial score (nSPS) is 14.9. The molecule has 214 valence electrons. The molecule has 0 fully saturated rings. The number of nitrogens with zero attached hydrogens (tertiary/aromatic N) is 1. The van der Waals surface area contributed by atoms with Gasteiger partial charge in [-0.1, -0.05) is 38.5 Å². The maximum atomic E-state index is 13.1. The fourth-order valence-electron chi connectivity index (χ4n) is 4.02. The minimum Gasteiger partial charge on any atom is -0.480 e. The summed E-state index contributed by atoms with van der Waals surface area (Å²) < 4.78 is 0. The zero-order valence-electron chi connectivity index (χ0n) is 22.6. The van der Waals surface area contributed by atoms with Crippen LogP contribution in [0.4, 0.5) is 0 Å². The summed E-state index contributed by atoms with van der Waals surface area (Å²) in [5.74, 6) is -3.38. The van der Waals surface area contributed by atoms with Crippen molar-refractivity contribution in [3.63, 3.8) is 0 Å². The van der Waals surface area contributed by atoms with E-state index in [2.05, 4.69) is 25.9 Å². The number of nitrogens with two attached hydrogens (primary N) is 3. The molecule has 2 rings (SSSR count). The van der Waals surface area contributed by atoms with E-state index in [-0.39, 0.29) is 31.3 Å². The van der Waals surface area contributed by atoms with E-state index >= 15 is 0 Å². The van der Waals surface area contributed by atoms with Crippen molar-refractivity contribution in [2.24, 2.45) is 28.1 Å². The van der Waals surface area contributed by atoms with Crippen LogP contribution in [-0.2, 0) is 25.6 Å². The Balaban J connectivity index is 2.07. The fraction of sp³-hybridized carbons (Fsp3) is 0.500. The number of aromatic nitrogens is 1. The molecule has 1 aromatic carbocycles. The molecule has 0 saturated heterocycles. The molecule has 0 radical (unpaired) electrons. The second-order valence-corrected chi connectivity index (χ2v) is 9.62. The zero-order valence-corrected chi connectivity index (χ0v) is 22.6. The van der Waals surface area contributed by atoms with Crippen LogP contribution in [0.2, 0.25) is 0 Å². The highest BCUT2D eigenvalue weighted by molar-refractivity contribution is 5.94. The standard InChI is InChI=1S/C26H40N8O5/c1-4-14(2)21(25(38)39)34-22(35)15(3)32-24(37)20(10-7-11-30-26(28)29)33-23(36)18(27)12-16-13-31-19-9-6-5-8-17(16)19/h5-6,8-9,13-15,18,20-21,31H,4,7,10-12,27H2,1-3H3,(H,32,37)(H,33,36)(H,34,35)(H,38,39)(H4,28,29,30). The fourth-order valence-corrected chi connectivity index (χ4v) is 4.02. The van der Waals surface area contributed by atoms with Gasteiger partial charge in [0.25, 0.3) is 0 Å². The number of benzene rings is 1. The second kappa shape index (κ2) is 14.7. The lowest BCUT2D eigenvalue weighted by Gasteiger charge is -2.25. The summed E-state index contributed by atoms with van der Waals surface area (Å²) in [6.45, 7) is 5.19. The summed E-state index contributed by atoms with van der Waals surface area (Å²) in [7, 11) is 0. The molecule has 5 unspecified atom stereocenters. The first-order valence-electron chi connectivity index (χ1n) is 12.9. The van der Waals surface area contributed by atoms with E-state index < -0.39 is 47.9 Å². The van der Waals surface area contributed by atoms with Gasteiger partial charge in [-0.2, -0.15) is 0 Å². The Morgan fingerprint density at radius 2 is 1.72 bits per heavy atom. The highest BCUT2D eigenvalue weighted by Crippen LogP contribution is 2.19. The molecule has 13 heteroatoms. The predicted octanol–water partition coefficient (Wildman–Crippen LogP) is -0.304. The number of aliphatic carboxylic acids is 1. The van der Waals surface area contributed by atoms with Crippen LogP contribution in [0.3, 0.4) is 0 Å². The van der Waals surface area contributed by atoms with Gasteiger partial charge in [0.05, 0.1) is 6.04 Å². The average molecular weight is 545 g/mol. The molecular formula is C26H40N8O5. The van der Waals surface area contributed by atoms with Gasteiger partial charge in [0.15, 0.2) is 5.96 Å². The molecule has 1 heterocycles. The first kappa shape index (κ1) is 31.1. The Morgan fingerprint density at radius 3 is 2.36 bits per heavy atom. The van der Waals surface area contributed by atoms with Crippen LogP contribution >= 0.6 is 0 Å². The monoisotopic (exact) mass is 544 g/mol. The number of fused-ring (bicyclic) bond motifs is 1. The zero-order chi connectivity index (χ0) is 29.1. The summed E-state index contributed by atoms with van der Waals surface area (Å²) in [4.78, 5) is 57.3. The van der Waals surface area contributed by atoms with Crippen LogP contribution in [0.1, 0.15) is 45.6 Å². The van der Waals surface area contributed by atoms with Crippen molar-refractivity contribution in [2.75, 3.05) is 6.54 Å². The van der Waals surface area contributed by atoms with Crippen LogP contribution in [0.25, 0.3) is 10.9 Å². The van der Waals surface area contributed by atoms with Gasteiger partial charge < -0.3 is 43.2 Å². The van der Waals surface area contributed by atoms with Crippen LogP contribution in [0.5, 0.6) is 0 Å². The van der Waals surface area contributed by atoms with Gasteiger partial charge in [0.1, 0.15) is 18.1 Å². The molecule has 13 nitrogen and oxygen atoms in total. The number of aliphatic imine (C=N–C) groups is 1. The van der Waals surface area contributed by atoms with Crippen molar-refractivity contribution in [1.82, 2.24) is 20.9 Å². The minimum absolute atomic E-state index is 0.0969. The number of carboxylic acids is 1. The Bertz CT molecular complexity index is 1180. The SMILES string of the molecule is CCC(C)C(NC(=O)C(C)NC(=O)C(CCCN=C(N)N)NC(=O)C(N)Cc1c[nH]c2ccccc12)C(=O)O. The van der Waals surface area contributed by atoms with E-state index in [1.807, 2.05) is 31.2 Å². The van der Waals surface area contributed by atoms with Gasteiger partial charge >= 0.3 is 5.97 Å². The third-order valence-electron chi connectivity index (χ3n) is 6.56. The molecule has 0 aliphatic rings. The van der Waals surface area contributed by atoms with E-state index in [4.69, 9.17) is 17.2 Å². The van der Waals surface area contributed by atoms with E-state index in [0.29, 0.717) is 12.8 Å². The van der Waals surface area contributed by atoms with Gasteiger partial charge in [-0.3, -0.25) is 19.4 Å². The van der Waals surface area contributed by atoms with Crippen molar-refractivity contribution in [3.05, 3.63) is 36.0 Å². The lowest BCUT2D eigenvalue weighted by atomic mass is 9.99. The maximum Gasteiger partial charge on any atom is 0.326 e. The van der Waals surface area contributed by atoms with Gasteiger partial charge in [-0.25, -0.2) is 4.79 Å². The molecule has 5 atom stereocenters. The number of H-pyrrole nitrogens is 1. The topological polar surface area (TPSA) is 231 Å². The molecule has 0 aliphatic heterocycles. The molecule has 2 aromatic rings. The van der Waals surface area contributed by atoms with Gasteiger partial charge in [0.2, 0.25) is 17.7 Å². The largest absolute Gasteiger partial charge is 0.480 e. The van der Waals surface area contributed by atoms with Crippen LogP contribution in [-0.4, -0.2) is 70.5 Å². The van der Waals surface area contributed by atoms with E-state index in [9.17, 15) is 24.3 Å². The molecule has 0 aliphatic carbocycles. The average Bonchev–Trinajstić information content (AvgIpc) is 3.30. The van der Waals surface area contributed by atoms with E-state index in [1.54, 1.807) is 13.1 Å². The number of carboxylic acid groups (broad SMARTS) is 1. The Hall–Kier alpha value is -4.13. The number of aromatic amines is 1. The summed E-state index contributed by atoms with van der Waals surface area (Å²) in [6.07, 6.45) is 3.11. The molecule has 0 saturated carbocycles. The Labute approximate surface area is 227 Å². The predicted molar refractivity (Wildman–Crippen MR) is 148 cm³/mol. The first-order valence-corrected chi connectivity index (χ1v) is 12.9. The molecule has 11 N–H and O–H groups in total. The molecule has 39 heavy (non-hydrogen) atoms. The van der Waals surface area contributed by atoms with Crippen molar-refractivity contribution in [1.29, 1.82) is 0 Å². The maximum absolute atomic E-state index is 13.1. The van der Waals surface area contributed by atoms with Crippen LogP contribution in [0, 0.1) is 5.92 Å². The van der Waals surface area contributed by atoms with Gasteiger partial charge in [0, 0.05) is 23.6 Å². The number of amides is 3. The molecule has 3 amide bonds. The lowest BCUT2D eigenvalue weighted by molar-refractivity contribution is -0.143. The number of carbonyl (C=O) groups is 4. The number of carbonyl (C=O) groups excluding carboxylic acids is 3. The minimum atomic E-state index is -1.16. The van der Waals surface area contributed by atoms with Crippen LogP contribution < -0.4 is 33.2 Å². The van der Waals surface area contributed by atoms with Crippen molar-refractivity contribution in [2.45, 2.75) is 70.6 Å². The Morgan fingerprint density at radius 1 is 1.03 bits per heavy atom. The van der Waals surface area contributed by atoms with Crippen molar-refractivity contribution in [3.8, 4) is 0 Å². The molecule has 1 aromatic heterocycles.